The summed E-state index contributed by atoms with van der Waals surface area (Å²) in [5.74, 6) is -0.348. The molecule has 1 aliphatic rings. The molecular weight excluding hydrogens is 427 g/mol. The molecule has 1 fully saturated rings. The highest BCUT2D eigenvalue weighted by molar-refractivity contribution is 6.00. The largest absolute Gasteiger partial charge is 0.408 e. The van der Waals surface area contributed by atoms with Gasteiger partial charge in [-0.3, -0.25) is 19.4 Å². The van der Waals surface area contributed by atoms with Gasteiger partial charge in [-0.25, -0.2) is 4.52 Å². The predicted octanol–water partition coefficient (Wildman–Crippen LogP) is 2.57. The lowest BCUT2D eigenvalue weighted by Crippen LogP contribution is -2.33. The van der Waals surface area contributed by atoms with Crippen LogP contribution in [0.2, 0.25) is 0 Å². The summed E-state index contributed by atoms with van der Waals surface area (Å²) in [6.07, 6.45) is 3.86. The van der Waals surface area contributed by atoms with Gasteiger partial charge in [-0.15, -0.1) is 0 Å². The first kappa shape index (κ1) is 20.4. The average Bonchev–Trinajstić information content (AvgIpc) is 3.21. The van der Waals surface area contributed by atoms with Crippen molar-refractivity contribution in [1.82, 2.24) is 34.3 Å². The molecule has 1 aliphatic heterocycles. The maximum absolute atomic E-state index is 13.3. The van der Waals surface area contributed by atoms with Crippen molar-refractivity contribution in [2.45, 2.75) is 19.1 Å². The zero-order chi connectivity index (χ0) is 22.3. The third-order valence-electron chi connectivity index (χ3n) is 5.27. The van der Waals surface area contributed by atoms with Crippen LogP contribution in [0.3, 0.4) is 0 Å². The Kier molecular flexibility index (Phi) is 5.00. The van der Waals surface area contributed by atoms with E-state index in [1.54, 1.807) is 28.0 Å². The number of fused-ring (bicyclic) bond motifs is 2. The Labute approximate surface area is 179 Å². The van der Waals surface area contributed by atoms with E-state index in [4.69, 9.17) is 4.74 Å². The Morgan fingerprint density at radius 1 is 1.12 bits per heavy atom. The molecule has 1 amide bonds. The first-order chi connectivity index (χ1) is 15.4. The summed E-state index contributed by atoms with van der Waals surface area (Å²) >= 11 is 0. The van der Waals surface area contributed by atoms with Crippen molar-refractivity contribution in [3.63, 3.8) is 0 Å². The summed E-state index contributed by atoms with van der Waals surface area (Å²) in [4.78, 5) is 22.9. The van der Waals surface area contributed by atoms with Crippen LogP contribution in [0, 0.1) is 0 Å². The highest BCUT2D eigenvalue weighted by atomic mass is 19.4. The first-order valence-electron chi connectivity index (χ1n) is 9.99. The average molecular weight is 445 g/mol. The SMILES string of the molecule is O=C(c1cc2c(cn1)c(-c1cnn3ccncc13)nn2CC(F)(F)F)N1CCCOCC1. The minimum absolute atomic E-state index is 0.0656. The number of rotatable bonds is 3. The summed E-state index contributed by atoms with van der Waals surface area (Å²) in [6, 6.07) is 1.37. The van der Waals surface area contributed by atoms with Crippen molar-refractivity contribution in [3.05, 3.63) is 42.7 Å². The molecule has 0 unspecified atom stereocenters. The molecule has 0 bridgehead atoms. The van der Waals surface area contributed by atoms with Crippen molar-refractivity contribution in [3.8, 4) is 11.3 Å². The van der Waals surface area contributed by atoms with E-state index in [-0.39, 0.29) is 17.1 Å². The molecule has 9 nitrogen and oxygen atoms in total. The van der Waals surface area contributed by atoms with Gasteiger partial charge >= 0.3 is 6.18 Å². The number of alkyl halides is 3. The number of amides is 1. The number of hydrogen-bond donors (Lipinski definition) is 0. The minimum Gasteiger partial charge on any atom is -0.380 e. The predicted molar refractivity (Wildman–Crippen MR) is 107 cm³/mol. The van der Waals surface area contributed by atoms with E-state index in [9.17, 15) is 18.0 Å². The zero-order valence-electron chi connectivity index (χ0n) is 16.8. The van der Waals surface area contributed by atoms with Gasteiger partial charge in [-0.1, -0.05) is 0 Å². The summed E-state index contributed by atoms with van der Waals surface area (Å²) in [5, 5.41) is 8.83. The number of pyridine rings is 1. The summed E-state index contributed by atoms with van der Waals surface area (Å²) in [6.45, 7) is 0.581. The molecular formula is C20H18F3N7O2. The minimum atomic E-state index is -4.49. The fraction of sp³-hybridized carbons (Fsp3) is 0.350. The molecule has 0 aromatic carbocycles. The molecule has 0 spiro atoms. The van der Waals surface area contributed by atoms with Crippen molar-refractivity contribution >= 4 is 22.3 Å². The van der Waals surface area contributed by atoms with Gasteiger partial charge in [0.05, 0.1) is 35.6 Å². The van der Waals surface area contributed by atoms with Crippen molar-refractivity contribution < 1.29 is 22.7 Å². The van der Waals surface area contributed by atoms with Crippen LogP contribution in [0.5, 0.6) is 0 Å². The molecule has 4 aromatic heterocycles. The number of halogens is 3. The normalized spacial score (nSPS) is 15.4. The summed E-state index contributed by atoms with van der Waals surface area (Å²) in [7, 11) is 0. The van der Waals surface area contributed by atoms with Crippen LogP contribution in [-0.2, 0) is 11.3 Å². The van der Waals surface area contributed by atoms with Gasteiger partial charge < -0.3 is 9.64 Å². The molecule has 32 heavy (non-hydrogen) atoms. The molecule has 0 atom stereocenters. The number of hydrogen-bond acceptors (Lipinski definition) is 6. The smallest absolute Gasteiger partial charge is 0.380 e. The summed E-state index contributed by atoms with van der Waals surface area (Å²) in [5.41, 5.74) is 1.65. The molecule has 0 radical (unpaired) electrons. The number of nitrogens with zero attached hydrogens (tertiary/aromatic N) is 7. The molecule has 0 aliphatic carbocycles. The van der Waals surface area contributed by atoms with E-state index < -0.39 is 12.7 Å². The van der Waals surface area contributed by atoms with Gasteiger partial charge in [0.1, 0.15) is 17.9 Å². The topological polar surface area (TPSA) is 90.4 Å². The molecule has 4 aromatic rings. The Bertz CT molecular complexity index is 1290. The first-order valence-corrected chi connectivity index (χ1v) is 9.99. The zero-order valence-corrected chi connectivity index (χ0v) is 16.8. The van der Waals surface area contributed by atoms with E-state index in [1.807, 2.05) is 0 Å². The Hall–Kier alpha value is -3.54. The lowest BCUT2D eigenvalue weighted by atomic mass is 10.1. The van der Waals surface area contributed by atoms with Gasteiger partial charge in [0.2, 0.25) is 0 Å². The second-order valence-corrected chi connectivity index (χ2v) is 7.43. The van der Waals surface area contributed by atoms with E-state index in [1.165, 1.54) is 18.5 Å². The monoisotopic (exact) mass is 445 g/mol. The second kappa shape index (κ2) is 7.86. The number of carbonyl (C=O) groups excluding carboxylic acids is 1. The summed E-state index contributed by atoms with van der Waals surface area (Å²) < 4.78 is 47.6. The van der Waals surface area contributed by atoms with Crippen LogP contribution >= 0.6 is 0 Å². The second-order valence-electron chi connectivity index (χ2n) is 7.43. The van der Waals surface area contributed by atoms with E-state index in [2.05, 4.69) is 20.2 Å². The molecule has 1 saturated heterocycles. The number of carbonyl (C=O) groups is 1. The van der Waals surface area contributed by atoms with Gasteiger partial charge in [0.15, 0.2) is 0 Å². The molecule has 166 valence electrons. The third kappa shape index (κ3) is 3.77. The van der Waals surface area contributed by atoms with E-state index in [0.29, 0.717) is 54.9 Å². The molecule has 12 heteroatoms. The molecule has 0 N–H and O–H groups in total. The number of ether oxygens (including phenoxy) is 1. The third-order valence-corrected chi connectivity index (χ3v) is 5.27. The van der Waals surface area contributed by atoms with Crippen molar-refractivity contribution in [2.24, 2.45) is 0 Å². The highest BCUT2D eigenvalue weighted by Gasteiger charge is 2.31. The van der Waals surface area contributed by atoms with Gasteiger partial charge in [0, 0.05) is 43.7 Å². The van der Waals surface area contributed by atoms with Crippen molar-refractivity contribution in [1.29, 1.82) is 0 Å². The quantitative estimate of drug-likeness (QED) is 0.482. The Morgan fingerprint density at radius 2 is 2.00 bits per heavy atom. The maximum Gasteiger partial charge on any atom is 0.408 e. The molecule has 5 rings (SSSR count). The number of aromatic nitrogens is 6. The van der Waals surface area contributed by atoms with Crippen LogP contribution in [0.15, 0.2) is 37.1 Å². The standard InChI is InChI=1S/C20H18F3N7O2/c21-20(22,23)12-30-16-8-15(19(31)28-3-1-6-32-7-5-28)25-9-13(16)18(27-30)14-10-26-29-4-2-24-11-17(14)29/h2,4,8-11H,1,3,5-7,12H2. The van der Waals surface area contributed by atoms with E-state index in [0.717, 1.165) is 4.68 Å². The van der Waals surface area contributed by atoms with Gasteiger partial charge in [0.25, 0.3) is 5.91 Å². The van der Waals surface area contributed by atoms with Crippen LogP contribution in [0.4, 0.5) is 13.2 Å². The van der Waals surface area contributed by atoms with Crippen LogP contribution in [0.25, 0.3) is 27.7 Å². The van der Waals surface area contributed by atoms with Crippen LogP contribution in [0.1, 0.15) is 16.9 Å². The molecule has 0 saturated carbocycles. The molecule has 5 heterocycles. The lowest BCUT2D eigenvalue weighted by molar-refractivity contribution is -0.141. The Balaban J connectivity index is 1.62. The van der Waals surface area contributed by atoms with Gasteiger partial charge in [-0.05, 0) is 12.5 Å². The lowest BCUT2D eigenvalue weighted by Gasteiger charge is -2.19. The highest BCUT2D eigenvalue weighted by Crippen LogP contribution is 2.32. The maximum atomic E-state index is 13.3. The fourth-order valence-electron chi connectivity index (χ4n) is 3.80. The van der Waals surface area contributed by atoms with E-state index >= 15 is 0 Å². The van der Waals surface area contributed by atoms with Gasteiger partial charge in [-0.2, -0.15) is 23.4 Å². The van der Waals surface area contributed by atoms with Crippen LogP contribution < -0.4 is 0 Å². The Morgan fingerprint density at radius 3 is 2.84 bits per heavy atom. The fourth-order valence-corrected chi connectivity index (χ4v) is 3.80. The van der Waals surface area contributed by atoms with Crippen LogP contribution in [-0.4, -0.2) is 72.6 Å². The van der Waals surface area contributed by atoms with Crippen molar-refractivity contribution in [2.75, 3.05) is 26.3 Å².